The second kappa shape index (κ2) is 8.83. The summed E-state index contributed by atoms with van der Waals surface area (Å²) in [7, 11) is 3.52. The van der Waals surface area contributed by atoms with Gasteiger partial charge in [-0.1, -0.05) is 0 Å². The summed E-state index contributed by atoms with van der Waals surface area (Å²) in [5.41, 5.74) is 0. The molecule has 0 saturated carbocycles. The van der Waals surface area contributed by atoms with Gasteiger partial charge in [-0.25, -0.2) is 9.98 Å². The molecule has 0 fully saturated rings. The van der Waals surface area contributed by atoms with Crippen LogP contribution in [0.3, 0.4) is 0 Å². The van der Waals surface area contributed by atoms with Crippen molar-refractivity contribution in [2.24, 2.45) is 12.0 Å². The standard InChI is InChI=1S/C14H22N6O2/c1-20-13(18-11-19-20)10-17-14(16-7-9-21-2)15-6-5-12-4-3-8-22-12/h3-4,8,11H,5-7,9-10H2,1-2H3,(H2,15,16,17). The van der Waals surface area contributed by atoms with Gasteiger partial charge in [0, 0.05) is 33.7 Å². The summed E-state index contributed by atoms with van der Waals surface area (Å²) in [4.78, 5) is 8.66. The molecule has 120 valence electrons. The second-order valence-corrected chi connectivity index (χ2v) is 4.64. The Morgan fingerprint density at radius 3 is 2.95 bits per heavy atom. The fourth-order valence-corrected chi connectivity index (χ4v) is 1.82. The predicted octanol–water partition coefficient (Wildman–Crippen LogP) is 0.332. The van der Waals surface area contributed by atoms with Gasteiger partial charge in [-0.2, -0.15) is 5.10 Å². The van der Waals surface area contributed by atoms with Crippen LogP contribution in [0.15, 0.2) is 34.1 Å². The monoisotopic (exact) mass is 306 g/mol. The summed E-state index contributed by atoms with van der Waals surface area (Å²) in [6, 6.07) is 3.84. The number of aromatic nitrogens is 3. The van der Waals surface area contributed by atoms with Crippen molar-refractivity contribution in [1.82, 2.24) is 25.4 Å². The Bertz CT molecular complexity index is 564. The smallest absolute Gasteiger partial charge is 0.191 e. The van der Waals surface area contributed by atoms with Crippen LogP contribution < -0.4 is 10.6 Å². The maximum absolute atomic E-state index is 5.31. The van der Waals surface area contributed by atoms with Crippen LogP contribution >= 0.6 is 0 Å². The summed E-state index contributed by atoms with van der Waals surface area (Å²) in [6.45, 7) is 2.48. The average Bonchev–Trinajstić information content (AvgIpc) is 3.16. The van der Waals surface area contributed by atoms with E-state index in [1.807, 2.05) is 19.2 Å². The van der Waals surface area contributed by atoms with Crippen molar-refractivity contribution in [3.05, 3.63) is 36.3 Å². The molecule has 0 spiro atoms. The maximum atomic E-state index is 5.31. The number of aryl methyl sites for hydroxylation is 1. The molecule has 2 rings (SSSR count). The van der Waals surface area contributed by atoms with E-state index in [0.717, 1.165) is 24.6 Å². The van der Waals surface area contributed by atoms with Gasteiger partial charge < -0.3 is 19.8 Å². The SMILES string of the molecule is COCCNC(=NCc1ncnn1C)NCCc1ccco1. The van der Waals surface area contributed by atoms with Crippen LogP contribution in [0.1, 0.15) is 11.6 Å². The number of nitrogens with zero attached hydrogens (tertiary/aromatic N) is 4. The van der Waals surface area contributed by atoms with Gasteiger partial charge in [-0.15, -0.1) is 0 Å². The van der Waals surface area contributed by atoms with Crippen molar-refractivity contribution >= 4 is 5.96 Å². The molecule has 0 radical (unpaired) electrons. The summed E-state index contributed by atoms with van der Waals surface area (Å²) in [5.74, 6) is 2.46. The summed E-state index contributed by atoms with van der Waals surface area (Å²) in [6.07, 6.45) is 3.99. The first-order chi connectivity index (χ1) is 10.8. The Balaban J connectivity index is 1.85. The molecule has 2 heterocycles. The third kappa shape index (κ3) is 5.21. The Labute approximate surface area is 129 Å². The highest BCUT2D eigenvalue weighted by Gasteiger charge is 2.03. The molecule has 0 aliphatic heterocycles. The Hall–Kier alpha value is -2.35. The zero-order chi connectivity index (χ0) is 15.6. The summed E-state index contributed by atoms with van der Waals surface area (Å²) < 4.78 is 12.1. The fraction of sp³-hybridized carbons (Fsp3) is 0.500. The van der Waals surface area contributed by atoms with Crippen molar-refractivity contribution in [1.29, 1.82) is 0 Å². The second-order valence-electron chi connectivity index (χ2n) is 4.64. The largest absolute Gasteiger partial charge is 0.469 e. The molecule has 0 bridgehead atoms. The molecule has 8 heteroatoms. The highest BCUT2D eigenvalue weighted by Crippen LogP contribution is 1.99. The number of ether oxygens (including phenoxy) is 1. The Kier molecular flexibility index (Phi) is 6.43. The molecule has 2 N–H and O–H groups in total. The highest BCUT2D eigenvalue weighted by atomic mass is 16.5. The van der Waals surface area contributed by atoms with E-state index in [1.54, 1.807) is 18.1 Å². The first-order valence-electron chi connectivity index (χ1n) is 7.16. The third-order valence-electron chi connectivity index (χ3n) is 3.03. The van der Waals surface area contributed by atoms with E-state index >= 15 is 0 Å². The molecule has 0 aliphatic rings. The third-order valence-corrected chi connectivity index (χ3v) is 3.03. The lowest BCUT2D eigenvalue weighted by Crippen LogP contribution is -2.40. The lowest BCUT2D eigenvalue weighted by Gasteiger charge is -2.11. The fourth-order valence-electron chi connectivity index (χ4n) is 1.82. The van der Waals surface area contributed by atoms with E-state index in [-0.39, 0.29) is 0 Å². The van der Waals surface area contributed by atoms with Gasteiger partial charge in [0.1, 0.15) is 24.5 Å². The topological polar surface area (TPSA) is 89.5 Å². The van der Waals surface area contributed by atoms with E-state index in [1.165, 1.54) is 6.33 Å². The molecule has 0 aliphatic carbocycles. The normalized spacial score (nSPS) is 11.6. The number of hydrogen-bond acceptors (Lipinski definition) is 5. The molecule has 0 unspecified atom stereocenters. The van der Waals surface area contributed by atoms with Gasteiger partial charge in [-0.3, -0.25) is 4.68 Å². The highest BCUT2D eigenvalue weighted by molar-refractivity contribution is 5.79. The first kappa shape index (κ1) is 16.0. The van der Waals surface area contributed by atoms with Gasteiger partial charge >= 0.3 is 0 Å². The molecule has 8 nitrogen and oxygen atoms in total. The summed E-state index contributed by atoms with van der Waals surface area (Å²) in [5, 5.41) is 10.5. The van der Waals surface area contributed by atoms with Crippen LogP contribution in [-0.4, -0.2) is 47.5 Å². The molecule has 0 aromatic carbocycles. The van der Waals surface area contributed by atoms with E-state index in [9.17, 15) is 0 Å². The van der Waals surface area contributed by atoms with Crippen molar-refractivity contribution in [2.75, 3.05) is 26.8 Å². The molecule has 0 amide bonds. The number of furan rings is 1. The van der Waals surface area contributed by atoms with Crippen LogP contribution in [0.2, 0.25) is 0 Å². The minimum absolute atomic E-state index is 0.458. The minimum Gasteiger partial charge on any atom is -0.469 e. The molecule has 2 aromatic heterocycles. The van der Waals surface area contributed by atoms with Gasteiger partial charge in [-0.05, 0) is 12.1 Å². The quantitative estimate of drug-likeness (QED) is 0.415. The van der Waals surface area contributed by atoms with Crippen LogP contribution in [0.5, 0.6) is 0 Å². The van der Waals surface area contributed by atoms with Crippen LogP contribution in [0, 0.1) is 0 Å². The maximum Gasteiger partial charge on any atom is 0.191 e. The number of hydrogen-bond donors (Lipinski definition) is 2. The molecular formula is C14H22N6O2. The van der Waals surface area contributed by atoms with E-state index < -0.39 is 0 Å². The molecule has 22 heavy (non-hydrogen) atoms. The van der Waals surface area contributed by atoms with Gasteiger partial charge in [0.2, 0.25) is 0 Å². The molecule has 0 atom stereocenters. The molecule has 0 saturated heterocycles. The Morgan fingerprint density at radius 2 is 2.27 bits per heavy atom. The Morgan fingerprint density at radius 1 is 1.41 bits per heavy atom. The number of rotatable bonds is 8. The first-order valence-corrected chi connectivity index (χ1v) is 7.16. The lowest BCUT2D eigenvalue weighted by molar-refractivity contribution is 0.203. The van der Waals surface area contributed by atoms with Crippen molar-refractivity contribution < 1.29 is 9.15 Å². The molecule has 2 aromatic rings. The van der Waals surface area contributed by atoms with E-state index in [4.69, 9.17) is 9.15 Å². The zero-order valence-corrected chi connectivity index (χ0v) is 13.0. The van der Waals surface area contributed by atoms with E-state index in [2.05, 4.69) is 25.7 Å². The van der Waals surface area contributed by atoms with Crippen molar-refractivity contribution in [3.8, 4) is 0 Å². The van der Waals surface area contributed by atoms with Gasteiger partial charge in [0.05, 0.1) is 12.9 Å². The van der Waals surface area contributed by atoms with Gasteiger partial charge in [0.25, 0.3) is 0 Å². The van der Waals surface area contributed by atoms with Crippen LogP contribution in [-0.2, 0) is 24.8 Å². The van der Waals surface area contributed by atoms with Crippen molar-refractivity contribution in [2.45, 2.75) is 13.0 Å². The number of nitrogens with one attached hydrogen (secondary N) is 2. The zero-order valence-electron chi connectivity index (χ0n) is 13.0. The average molecular weight is 306 g/mol. The summed E-state index contributed by atoms with van der Waals surface area (Å²) >= 11 is 0. The number of methoxy groups -OCH3 is 1. The van der Waals surface area contributed by atoms with Crippen LogP contribution in [0.4, 0.5) is 0 Å². The number of aliphatic imine (C=N–C) groups is 1. The van der Waals surface area contributed by atoms with Gasteiger partial charge in [0.15, 0.2) is 5.96 Å². The van der Waals surface area contributed by atoms with Crippen molar-refractivity contribution in [3.63, 3.8) is 0 Å². The predicted molar refractivity (Wildman–Crippen MR) is 82.4 cm³/mol. The molecular weight excluding hydrogens is 284 g/mol. The minimum atomic E-state index is 0.458. The van der Waals surface area contributed by atoms with E-state index in [0.29, 0.717) is 25.7 Å². The number of guanidine groups is 1. The van der Waals surface area contributed by atoms with Crippen LogP contribution in [0.25, 0.3) is 0 Å². The lowest BCUT2D eigenvalue weighted by atomic mass is 10.3.